The number of aromatic nitrogens is 2. The van der Waals surface area contributed by atoms with Gasteiger partial charge in [-0.2, -0.15) is 0 Å². The van der Waals surface area contributed by atoms with E-state index < -0.39 is 0 Å². The summed E-state index contributed by atoms with van der Waals surface area (Å²) >= 11 is 0. The second-order valence-electron chi connectivity index (χ2n) is 5.28. The Balaban J connectivity index is 2.25. The van der Waals surface area contributed by atoms with Crippen molar-refractivity contribution in [2.45, 2.75) is 57.7 Å². The highest BCUT2D eigenvalue weighted by Gasteiger charge is 2.28. The Morgan fingerprint density at radius 3 is 2.89 bits per heavy atom. The van der Waals surface area contributed by atoms with Crippen LogP contribution in [0.2, 0.25) is 0 Å². The first-order valence-corrected chi connectivity index (χ1v) is 7.11. The Kier molecular flexibility index (Phi) is 4.58. The third kappa shape index (κ3) is 2.97. The van der Waals surface area contributed by atoms with Crippen molar-refractivity contribution < 1.29 is 5.11 Å². The van der Waals surface area contributed by atoms with Gasteiger partial charge in [-0.25, -0.2) is 4.98 Å². The summed E-state index contributed by atoms with van der Waals surface area (Å²) in [4.78, 5) is 18.4. The van der Waals surface area contributed by atoms with Gasteiger partial charge in [0.25, 0.3) is 5.56 Å². The molecule has 2 atom stereocenters. The summed E-state index contributed by atoms with van der Waals surface area (Å²) in [6.07, 6.45) is 7.83. The van der Waals surface area contributed by atoms with E-state index in [4.69, 9.17) is 0 Å². The van der Waals surface area contributed by atoms with Gasteiger partial charge in [0, 0.05) is 26.0 Å². The quantitative estimate of drug-likeness (QED) is 0.894. The standard InChI is InChI=1S/C14H23N3O2/c1-3-9-17-10-8-15-13(14(17)19)16(2)11-6-4-5-7-12(11)18/h8,10-12,18H,3-7,9H2,1-2H3. The fraction of sp³-hybridized carbons (Fsp3) is 0.714. The highest BCUT2D eigenvalue weighted by atomic mass is 16.3. The van der Waals surface area contributed by atoms with Crippen molar-refractivity contribution in [3.05, 3.63) is 22.7 Å². The number of aliphatic hydroxyl groups is 1. The lowest BCUT2D eigenvalue weighted by Gasteiger charge is -2.35. The van der Waals surface area contributed by atoms with Crippen LogP contribution in [-0.2, 0) is 6.54 Å². The zero-order valence-corrected chi connectivity index (χ0v) is 11.7. The highest BCUT2D eigenvalue weighted by molar-refractivity contribution is 5.36. The molecule has 5 heteroatoms. The maximum Gasteiger partial charge on any atom is 0.293 e. The van der Waals surface area contributed by atoms with Crippen LogP contribution in [-0.4, -0.2) is 33.9 Å². The lowest BCUT2D eigenvalue weighted by molar-refractivity contribution is 0.106. The topological polar surface area (TPSA) is 58.4 Å². The molecule has 1 aliphatic carbocycles. The number of nitrogens with zero attached hydrogens (tertiary/aromatic N) is 3. The van der Waals surface area contributed by atoms with Gasteiger partial charge in [0.2, 0.25) is 0 Å². The van der Waals surface area contributed by atoms with E-state index in [0.717, 1.165) is 32.1 Å². The molecular weight excluding hydrogens is 242 g/mol. The van der Waals surface area contributed by atoms with Crippen molar-refractivity contribution in [1.29, 1.82) is 0 Å². The molecule has 1 aliphatic rings. The summed E-state index contributed by atoms with van der Waals surface area (Å²) in [6.45, 7) is 2.75. The average Bonchev–Trinajstić information content (AvgIpc) is 2.41. The molecule has 1 saturated carbocycles. The minimum Gasteiger partial charge on any atom is -0.391 e. The van der Waals surface area contributed by atoms with E-state index >= 15 is 0 Å². The molecule has 0 bridgehead atoms. The monoisotopic (exact) mass is 265 g/mol. The van der Waals surface area contributed by atoms with Gasteiger partial charge in [-0.15, -0.1) is 0 Å². The molecule has 0 amide bonds. The fourth-order valence-electron chi connectivity index (χ4n) is 2.80. The molecule has 0 saturated heterocycles. The lowest BCUT2D eigenvalue weighted by atomic mass is 9.91. The molecule has 2 rings (SSSR count). The van der Waals surface area contributed by atoms with Crippen molar-refractivity contribution in [3.8, 4) is 0 Å². The summed E-state index contributed by atoms with van der Waals surface area (Å²) in [5.74, 6) is 0.446. The number of aryl methyl sites for hydroxylation is 1. The molecule has 0 radical (unpaired) electrons. The Morgan fingerprint density at radius 2 is 2.21 bits per heavy atom. The van der Waals surface area contributed by atoms with Crippen LogP contribution in [0.15, 0.2) is 17.2 Å². The number of likely N-dealkylation sites (N-methyl/N-ethyl adjacent to an activating group) is 1. The second kappa shape index (κ2) is 6.19. The molecule has 1 aromatic rings. The normalized spacial score (nSPS) is 23.3. The molecule has 0 spiro atoms. The van der Waals surface area contributed by atoms with Gasteiger partial charge < -0.3 is 14.6 Å². The van der Waals surface area contributed by atoms with Crippen molar-refractivity contribution in [2.24, 2.45) is 0 Å². The summed E-state index contributed by atoms with van der Waals surface area (Å²) < 4.78 is 1.69. The Morgan fingerprint density at radius 1 is 1.47 bits per heavy atom. The molecule has 1 heterocycles. The number of hydrogen-bond donors (Lipinski definition) is 1. The lowest BCUT2D eigenvalue weighted by Crippen LogP contribution is -2.46. The minimum absolute atomic E-state index is 0.00595. The van der Waals surface area contributed by atoms with Crippen molar-refractivity contribution >= 4 is 5.82 Å². The van der Waals surface area contributed by atoms with Crippen molar-refractivity contribution in [2.75, 3.05) is 11.9 Å². The van der Waals surface area contributed by atoms with Gasteiger partial charge in [0.1, 0.15) is 0 Å². The molecule has 2 unspecified atom stereocenters. The maximum absolute atomic E-state index is 12.3. The van der Waals surface area contributed by atoms with Crippen LogP contribution in [0, 0.1) is 0 Å². The molecule has 5 nitrogen and oxygen atoms in total. The maximum atomic E-state index is 12.3. The van der Waals surface area contributed by atoms with Crippen LogP contribution in [0.25, 0.3) is 0 Å². The summed E-state index contributed by atoms with van der Waals surface area (Å²) in [5, 5.41) is 10.1. The minimum atomic E-state index is -0.361. The van der Waals surface area contributed by atoms with Crippen LogP contribution < -0.4 is 10.5 Å². The van der Waals surface area contributed by atoms with E-state index in [1.807, 2.05) is 18.9 Å². The van der Waals surface area contributed by atoms with Gasteiger partial charge in [-0.1, -0.05) is 19.8 Å². The molecule has 0 aromatic carbocycles. The number of hydrogen-bond acceptors (Lipinski definition) is 4. The molecular formula is C14H23N3O2. The van der Waals surface area contributed by atoms with Crippen LogP contribution in [0.5, 0.6) is 0 Å². The zero-order chi connectivity index (χ0) is 13.8. The van der Waals surface area contributed by atoms with Crippen LogP contribution in [0.4, 0.5) is 5.82 Å². The van der Waals surface area contributed by atoms with Crippen molar-refractivity contribution in [1.82, 2.24) is 9.55 Å². The Bertz CT molecular complexity index is 472. The molecule has 1 fully saturated rings. The summed E-state index contributed by atoms with van der Waals surface area (Å²) in [5.41, 5.74) is -0.0652. The molecule has 1 aromatic heterocycles. The number of aliphatic hydroxyl groups excluding tert-OH is 1. The van der Waals surface area contributed by atoms with Gasteiger partial charge in [0.05, 0.1) is 12.1 Å². The first-order valence-electron chi connectivity index (χ1n) is 7.11. The number of rotatable bonds is 4. The van der Waals surface area contributed by atoms with Gasteiger partial charge in [-0.3, -0.25) is 4.79 Å². The smallest absolute Gasteiger partial charge is 0.293 e. The average molecular weight is 265 g/mol. The first kappa shape index (κ1) is 14.1. The Labute approximate surface area is 113 Å². The van der Waals surface area contributed by atoms with Crippen LogP contribution in [0.1, 0.15) is 39.0 Å². The SMILES string of the molecule is CCCn1ccnc(N(C)C2CCCCC2O)c1=O. The molecule has 106 valence electrons. The van der Waals surface area contributed by atoms with Crippen LogP contribution in [0.3, 0.4) is 0 Å². The van der Waals surface area contributed by atoms with E-state index in [0.29, 0.717) is 12.4 Å². The molecule has 0 aliphatic heterocycles. The summed E-state index contributed by atoms with van der Waals surface area (Å²) in [7, 11) is 1.86. The fourth-order valence-corrected chi connectivity index (χ4v) is 2.80. The van der Waals surface area contributed by atoms with E-state index in [1.165, 1.54) is 0 Å². The summed E-state index contributed by atoms with van der Waals surface area (Å²) in [6, 6.07) is 0.00595. The molecule has 19 heavy (non-hydrogen) atoms. The van der Waals surface area contributed by atoms with E-state index in [9.17, 15) is 9.90 Å². The highest BCUT2D eigenvalue weighted by Crippen LogP contribution is 2.24. The predicted molar refractivity (Wildman–Crippen MR) is 75.5 cm³/mol. The largest absolute Gasteiger partial charge is 0.391 e. The second-order valence-corrected chi connectivity index (χ2v) is 5.28. The molecule has 1 N–H and O–H groups in total. The third-order valence-corrected chi connectivity index (χ3v) is 3.89. The first-order chi connectivity index (χ1) is 9.15. The van der Waals surface area contributed by atoms with Crippen molar-refractivity contribution in [3.63, 3.8) is 0 Å². The Hall–Kier alpha value is -1.36. The van der Waals surface area contributed by atoms with Gasteiger partial charge in [-0.05, 0) is 19.3 Å². The van der Waals surface area contributed by atoms with Crippen LogP contribution >= 0.6 is 0 Å². The number of anilines is 1. The van der Waals surface area contributed by atoms with Gasteiger partial charge >= 0.3 is 0 Å². The third-order valence-electron chi connectivity index (χ3n) is 3.89. The van der Waals surface area contributed by atoms with Gasteiger partial charge in [0.15, 0.2) is 5.82 Å². The van der Waals surface area contributed by atoms with E-state index in [-0.39, 0.29) is 17.7 Å². The predicted octanol–water partition coefficient (Wildman–Crippen LogP) is 1.39. The van der Waals surface area contributed by atoms with E-state index in [1.54, 1.807) is 17.0 Å². The zero-order valence-electron chi connectivity index (χ0n) is 11.7. The van der Waals surface area contributed by atoms with E-state index in [2.05, 4.69) is 4.98 Å².